The Hall–Kier alpha value is -2.73. The fourth-order valence-corrected chi connectivity index (χ4v) is 2.56. The molecule has 2 aromatic heterocycles. The van der Waals surface area contributed by atoms with E-state index in [0.29, 0.717) is 17.3 Å². The highest BCUT2D eigenvalue weighted by Crippen LogP contribution is 2.37. The van der Waals surface area contributed by atoms with E-state index < -0.39 is 0 Å². The summed E-state index contributed by atoms with van der Waals surface area (Å²) in [6.45, 7) is 2.11. The fourth-order valence-electron chi connectivity index (χ4n) is 2.56. The van der Waals surface area contributed by atoms with Gasteiger partial charge in [-0.1, -0.05) is 0 Å². The van der Waals surface area contributed by atoms with Crippen LogP contribution in [0.5, 0.6) is 11.5 Å². The highest BCUT2D eigenvalue weighted by atomic mass is 16.7. The molecule has 1 aliphatic rings. The summed E-state index contributed by atoms with van der Waals surface area (Å²) in [5.41, 5.74) is 1.98. The highest BCUT2D eigenvalue weighted by molar-refractivity contribution is 5.59. The Morgan fingerprint density at radius 3 is 2.82 bits per heavy atom. The smallest absolute Gasteiger partial charge is 0.231 e. The molecule has 0 amide bonds. The minimum absolute atomic E-state index is 0.135. The maximum atomic E-state index is 9.13. The van der Waals surface area contributed by atoms with Crippen LogP contribution >= 0.6 is 0 Å². The first-order chi connectivity index (χ1) is 10.8. The number of aliphatic hydroxyl groups excluding tert-OH is 1. The minimum atomic E-state index is -0.135. The molecule has 4 rings (SSSR count). The number of ether oxygens (including phenoxy) is 2. The van der Waals surface area contributed by atoms with Gasteiger partial charge >= 0.3 is 0 Å². The second-order valence-corrected chi connectivity index (χ2v) is 5.04. The van der Waals surface area contributed by atoms with Crippen LogP contribution in [0.4, 0.5) is 0 Å². The van der Waals surface area contributed by atoms with Crippen LogP contribution in [0.15, 0.2) is 41.1 Å². The van der Waals surface area contributed by atoms with Crippen LogP contribution in [-0.4, -0.2) is 21.5 Å². The molecule has 3 heterocycles. The van der Waals surface area contributed by atoms with Crippen LogP contribution in [0, 0.1) is 6.92 Å². The molecule has 0 saturated heterocycles. The Balaban J connectivity index is 1.83. The van der Waals surface area contributed by atoms with Gasteiger partial charge in [-0.15, -0.1) is 0 Å². The van der Waals surface area contributed by atoms with Crippen LogP contribution in [0.2, 0.25) is 0 Å². The van der Waals surface area contributed by atoms with E-state index in [1.54, 1.807) is 18.3 Å². The lowest BCUT2D eigenvalue weighted by atomic mass is 10.1. The molecule has 0 saturated carbocycles. The second kappa shape index (κ2) is 4.92. The number of rotatable bonds is 3. The van der Waals surface area contributed by atoms with Crippen molar-refractivity contribution in [1.82, 2.24) is 9.55 Å². The number of furan rings is 1. The van der Waals surface area contributed by atoms with Crippen molar-refractivity contribution in [2.24, 2.45) is 0 Å². The predicted octanol–water partition coefficient (Wildman–Crippen LogP) is 2.66. The van der Waals surface area contributed by atoms with Crippen molar-refractivity contribution in [3.8, 4) is 28.8 Å². The summed E-state index contributed by atoms with van der Waals surface area (Å²) >= 11 is 0. The van der Waals surface area contributed by atoms with Gasteiger partial charge in [-0.3, -0.25) is 4.57 Å². The van der Waals surface area contributed by atoms with E-state index >= 15 is 0 Å². The number of imidazole rings is 1. The molecule has 1 aliphatic heterocycles. The van der Waals surface area contributed by atoms with Gasteiger partial charge in [-0.05, 0) is 30.7 Å². The number of hydrogen-bond acceptors (Lipinski definition) is 5. The zero-order valence-electron chi connectivity index (χ0n) is 11.9. The zero-order valence-corrected chi connectivity index (χ0v) is 11.9. The third-order valence-corrected chi connectivity index (χ3v) is 3.63. The monoisotopic (exact) mass is 298 g/mol. The molecule has 0 bridgehead atoms. The number of hydrogen-bond donors (Lipinski definition) is 1. The Labute approximate surface area is 126 Å². The Kier molecular flexibility index (Phi) is 2.90. The van der Waals surface area contributed by atoms with Crippen molar-refractivity contribution in [2.45, 2.75) is 13.5 Å². The van der Waals surface area contributed by atoms with Gasteiger partial charge in [-0.2, -0.15) is 0 Å². The van der Waals surface area contributed by atoms with Crippen molar-refractivity contribution >= 4 is 0 Å². The van der Waals surface area contributed by atoms with Gasteiger partial charge in [0.1, 0.15) is 12.4 Å². The Bertz CT molecular complexity index is 835. The Morgan fingerprint density at radius 2 is 2.05 bits per heavy atom. The first-order valence-corrected chi connectivity index (χ1v) is 6.90. The van der Waals surface area contributed by atoms with Crippen molar-refractivity contribution < 1.29 is 19.0 Å². The van der Waals surface area contributed by atoms with Gasteiger partial charge in [0, 0.05) is 18.5 Å². The lowest BCUT2D eigenvalue weighted by Crippen LogP contribution is -1.98. The summed E-state index contributed by atoms with van der Waals surface area (Å²) in [4.78, 5) is 4.36. The van der Waals surface area contributed by atoms with Crippen LogP contribution in [0.1, 0.15) is 11.3 Å². The first kappa shape index (κ1) is 13.0. The SMILES string of the molecule is Cc1cc2c(cc1-n1ccnc1-c1ccc(CO)o1)OCO2. The molecule has 112 valence electrons. The third-order valence-electron chi connectivity index (χ3n) is 3.63. The highest BCUT2D eigenvalue weighted by Gasteiger charge is 2.19. The molecule has 0 atom stereocenters. The van der Waals surface area contributed by atoms with Crippen LogP contribution in [0.3, 0.4) is 0 Å². The molecule has 1 aromatic carbocycles. The number of aromatic nitrogens is 2. The van der Waals surface area contributed by atoms with Gasteiger partial charge in [0.25, 0.3) is 0 Å². The van der Waals surface area contributed by atoms with Crippen LogP contribution in [0.25, 0.3) is 17.3 Å². The number of nitrogens with zero attached hydrogens (tertiary/aromatic N) is 2. The number of fused-ring (bicyclic) bond motifs is 1. The fraction of sp³-hybridized carbons (Fsp3) is 0.188. The van der Waals surface area contributed by atoms with E-state index in [1.165, 1.54) is 0 Å². The van der Waals surface area contributed by atoms with Gasteiger partial charge < -0.3 is 19.0 Å². The summed E-state index contributed by atoms with van der Waals surface area (Å²) in [6, 6.07) is 7.41. The molecule has 0 unspecified atom stereocenters. The molecule has 0 spiro atoms. The summed E-state index contributed by atoms with van der Waals surface area (Å²) in [5, 5.41) is 9.13. The summed E-state index contributed by atoms with van der Waals surface area (Å²) in [7, 11) is 0. The van der Waals surface area contributed by atoms with Crippen molar-refractivity contribution in [1.29, 1.82) is 0 Å². The average Bonchev–Trinajstić information content (AvgIpc) is 3.25. The quantitative estimate of drug-likeness (QED) is 0.805. The summed E-state index contributed by atoms with van der Waals surface area (Å²) < 4.78 is 18.3. The molecule has 6 heteroatoms. The Morgan fingerprint density at radius 1 is 1.23 bits per heavy atom. The molecule has 0 radical (unpaired) electrons. The van der Waals surface area contributed by atoms with E-state index in [4.69, 9.17) is 19.0 Å². The van der Waals surface area contributed by atoms with Gasteiger partial charge in [0.05, 0.1) is 5.69 Å². The molecule has 1 N–H and O–H groups in total. The van der Waals surface area contributed by atoms with E-state index in [0.717, 1.165) is 22.7 Å². The average molecular weight is 298 g/mol. The summed E-state index contributed by atoms with van der Waals surface area (Å²) in [6.07, 6.45) is 3.57. The lowest BCUT2D eigenvalue weighted by Gasteiger charge is -2.11. The van der Waals surface area contributed by atoms with E-state index in [2.05, 4.69) is 4.98 Å². The molecule has 22 heavy (non-hydrogen) atoms. The van der Waals surface area contributed by atoms with Gasteiger partial charge in [0.2, 0.25) is 6.79 Å². The molecule has 3 aromatic rings. The van der Waals surface area contributed by atoms with E-state index in [-0.39, 0.29) is 13.4 Å². The zero-order chi connectivity index (χ0) is 15.1. The topological polar surface area (TPSA) is 69.7 Å². The third kappa shape index (κ3) is 1.96. The normalized spacial score (nSPS) is 12.8. The lowest BCUT2D eigenvalue weighted by molar-refractivity contribution is 0.174. The van der Waals surface area contributed by atoms with Gasteiger partial charge in [-0.25, -0.2) is 4.98 Å². The van der Waals surface area contributed by atoms with Crippen molar-refractivity contribution in [3.05, 3.63) is 48.0 Å². The molecule has 6 nitrogen and oxygen atoms in total. The molecule has 0 aliphatic carbocycles. The van der Waals surface area contributed by atoms with Crippen LogP contribution in [-0.2, 0) is 6.61 Å². The molecular weight excluding hydrogens is 284 g/mol. The van der Waals surface area contributed by atoms with Gasteiger partial charge in [0.15, 0.2) is 23.1 Å². The van der Waals surface area contributed by atoms with E-state index in [9.17, 15) is 0 Å². The maximum absolute atomic E-state index is 9.13. The van der Waals surface area contributed by atoms with E-state index in [1.807, 2.05) is 29.8 Å². The van der Waals surface area contributed by atoms with Crippen molar-refractivity contribution in [2.75, 3.05) is 6.79 Å². The van der Waals surface area contributed by atoms with Crippen molar-refractivity contribution in [3.63, 3.8) is 0 Å². The largest absolute Gasteiger partial charge is 0.455 e. The van der Waals surface area contributed by atoms with Crippen LogP contribution < -0.4 is 9.47 Å². The first-order valence-electron chi connectivity index (χ1n) is 6.90. The maximum Gasteiger partial charge on any atom is 0.231 e. The molecule has 0 fully saturated rings. The number of aliphatic hydroxyl groups is 1. The number of benzene rings is 1. The predicted molar refractivity (Wildman–Crippen MR) is 78.0 cm³/mol. The second-order valence-electron chi connectivity index (χ2n) is 5.04. The minimum Gasteiger partial charge on any atom is -0.455 e. The standard InChI is InChI=1S/C16H14N2O4/c1-10-6-14-15(21-9-20-14)7-12(10)18-5-4-17-16(18)13-3-2-11(8-19)22-13/h2-7,19H,8-9H2,1H3. The number of aryl methyl sites for hydroxylation is 1. The molecular formula is C16H14N2O4. The summed E-state index contributed by atoms with van der Waals surface area (Å²) in [5.74, 6) is 3.25.